The number of carbonyl (C=O) groups is 2. The molecule has 2 amide bonds. The van der Waals surface area contributed by atoms with E-state index in [1.807, 2.05) is 6.92 Å². The van der Waals surface area contributed by atoms with Gasteiger partial charge in [-0.25, -0.2) is 9.59 Å². The molecule has 180 valence electrons. The zero-order valence-corrected chi connectivity index (χ0v) is 19.3. The molecular formula is C24H27N3O7. The van der Waals surface area contributed by atoms with Gasteiger partial charge in [-0.1, -0.05) is 50.1 Å². The molecule has 0 aliphatic carbocycles. The molecule has 10 heteroatoms. The van der Waals surface area contributed by atoms with Crippen molar-refractivity contribution in [3.63, 3.8) is 0 Å². The van der Waals surface area contributed by atoms with E-state index in [1.165, 1.54) is 26.4 Å². The Bertz CT molecular complexity index is 1100. The van der Waals surface area contributed by atoms with Crippen LogP contribution in [0.3, 0.4) is 0 Å². The van der Waals surface area contributed by atoms with Crippen LogP contribution in [-0.2, 0) is 9.53 Å². The van der Waals surface area contributed by atoms with Gasteiger partial charge in [-0.3, -0.25) is 10.1 Å². The fourth-order valence-corrected chi connectivity index (χ4v) is 3.71. The lowest BCUT2D eigenvalue weighted by Gasteiger charge is -2.29. The highest BCUT2D eigenvalue weighted by Crippen LogP contribution is 2.42. The molecule has 0 radical (unpaired) electrons. The Labute approximate surface area is 197 Å². The molecule has 0 saturated heterocycles. The van der Waals surface area contributed by atoms with Crippen molar-refractivity contribution in [1.29, 1.82) is 0 Å². The first kappa shape index (κ1) is 24.6. The number of ether oxygens (including phenoxy) is 3. The molecule has 2 N–H and O–H groups in total. The smallest absolute Gasteiger partial charge is 0.338 e. The topological polar surface area (TPSA) is 129 Å². The summed E-state index contributed by atoms with van der Waals surface area (Å²) in [5, 5.41) is 17.2. The number of hydrogen-bond donors (Lipinski definition) is 2. The number of unbranched alkanes of at least 4 members (excludes halogenated alkanes) is 2. The quantitative estimate of drug-likeness (QED) is 0.232. The Hall–Kier alpha value is -4.08. The largest absolute Gasteiger partial charge is 0.493 e. The number of carbonyl (C=O) groups excluding carboxylic acids is 2. The Balaban J connectivity index is 2.15. The zero-order chi connectivity index (χ0) is 24.7. The molecule has 1 atom stereocenters. The Morgan fingerprint density at radius 1 is 1.15 bits per heavy atom. The van der Waals surface area contributed by atoms with Crippen LogP contribution in [0.15, 0.2) is 48.0 Å². The molecule has 0 saturated carbocycles. The summed E-state index contributed by atoms with van der Waals surface area (Å²) in [6, 6.07) is 9.99. The Morgan fingerprint density at radius 3 is 2.50 bits per heavy atom. The van der Waals surface area contributed by atoms with Gasteiger partial charge in [-0.2, -0.15) is 0 Å². The molecule has 0 fully saturated rings. The van der Waals surface area contributed by atoms with Crippen LogP contribution in [-0.4, -0.2) is 37.8 Å². The van der Waals surface area contributed by atoms with E-state index < -0.39 is 23.0 Å². The number of nitro groups is 1. The monoisotopic (exact) mass is 469 g/mol. The fourth-order valence-electron chi connectivity index (χ4n) is 3.71. The summed E-state index contributed by atoms with van der Waals surface area (Å²) in [7, 11) is 2.59. The maximum absolute atomic E-state index is 12.8. The average Bonchev–Trinajstić information content (AvgIpc) is 2.85. The zero-order valence-electron chi connectivity index (χ0n) is 19.3. The highest BCUT2D eigenvalue weighted by atomic mass is 16.6. The highest BCUT2D eigenvalue weighted by Gasteiger charge is 2.36. The van der Waals surface area contributed by atoms with Crippen molar-refractivity contribution in [3.8, 4) is 11.5 Å². The van der Waals surface area contributed by atoms with Crippen LogP contribution in [0.4, 0.5) is 10.5 Å². The van der Waals surface area contributed by atoms with Crippen LogP contribution >= 0.6 is 0 Å². The normalized spacial score (nSPS) is 15.3. The Kier molecular flexibility index (Phi) is 8.07. The van der Waals surface area contributed by atoms with Gasteiger partial charge in [-0.05, 0) is 23.6 Å². The van der Waals surface area contributed by atoms with Crippen molar-refractivity contribution >= 4 is 23.4 Å². The number of esters is 1. The van der Waals surface area contributed by atoms with Crippen molar-refractivity contribution in [2.24, 2.45) is 0 Å². The molecule has 0 bridgehead atoms. The van der Waals surface area contributed by atoms with Gasteiger partial charge in [0.1, 0.15) is 0 Å². The molecular weight excluding hydrogens is 442 g/mol. The average molecular weight is 469 g/mol. The van der Waals surface area contributed by atoms with Crippen LogP contribution in [0.2, 0.25) is 0 Å². The predicted octanol–water partition coefficient (Wildman–Crippen LogP) is 4.11. The maximum Gasteiger partial charge on any atom is 0.338 e. The van der Waals surface area contributed by atoms with Crippen molar-refractivity contribution in [3.05, 3.63) is 69.3 Å². The molecule has 1 aliphatic rings. The van der Waals surface area contributed by atoms with E-state index >= 15 is 0 Å². The van der Waals surface area contributed by atoms with Gasteiger partial charge in [-0.15, -0.1) is 0 Å². The minimum atomic E-state index is -1.03. The van der Waals surface area contributed by atoms with E-state index in [9.17, 15) is 19.7 Å². The van der Waals surface area contributed by atoms with Crippen LogP contribution in [0.5, 0.6) is 11.5 Å². The summed E-state index contributed by atoms with van der Waals surface area (Å²) in [5.74, 6) is -0.573. The van der Waals surface area contributed by atoms with E-state index in [0.29, 0.717) is 12.2 Å². The lowest BCUT2D eigenvalue weighted by atomic mass is 9.92. The second-order valence-corrected chi connectivity index (χ2v) is 7.56. The third kappa shape index (κ3) is 5.28. The van der Waals surface area contributed by atoms with Gasteiger partial charge in [0, 0.05) is 6.07 Å². The van der Waals surface area contributed by atoms with Crippen molar-refractivity contribution in [1.82, 2.24) is 10.6 Å². The van der Waals surface area contributed by atoms with Gasteiger partial charge in [0.2, 0.25) is 5.75 Å². The first-order valence-electron chi connectivity index (χ1n) is 10.9. The molecule has 34 heavy (non-hydrogen) atoms. The van der Waals surface area contributed by atoms with E-state index in [2.05, 4.69) is 10.6 Å². The molecule has 10 nitrogen and oxygen atoms in total. The van der Waals surface area contributed by atoms with Crippen LogP contribution in [0.25, 0.3) is 5.70 Å². The predicted molar refractivity (Wildman–Crippen MR) is 124 cm³/mol. The fraction of sp³-hybridized carbons (Fsp3) is 0.333. The SMILES string of the molecule is CCCCCOc1c(OC)cc(C2NC(=O)NC(c3ccccc3)=C2C(=O)OC)cc1[N+](=O)[O-]. The number of hydrogen-bond acceptors (Lipinski definition) is 7. The number of nitrogens with one attached hydrogen (secondary N) is 2. The third-order valence-electron chi connectivity index (χ3n) is 5.34. The van der Waals surface area contributed by atoms with Gasteiger partial charge >= 0.3 is 17.7 Å². The second-order valence-electron chi connectivity index (χ2n) is 7.56. The van der Waals surface area contributed by atoms with Gasteiger partial charge in [0.05, 0.1) is 43.1 Å². The first-order valence-corrected chi connectivity index (χ1v) is 10.9. The highest BCUT2D eigenvalue weighted by molar-refractivity contribution is 6.04. The number of rotatable bonds is 10. The molecule has 0 aromatic heterocycles. The number of amides is 2. The van der Waals surface area contributed by atoms with Crippen molar-refractivity contribution in [2.75, 3.05) is 20.8 Å². The van der Waals surface area contributed by atoms with E-state index in [1.54, 1.807) is 30.3 Å². The van der Waals surface area contributed by atoms with Gasteiger partial charge < -0.3 is 24.8 Å². The van der Waals surface area contributed by atoms with Gasteiger partial charge in [0.15, 0.2) is 5.75 Å². The molecule has 1 aliphatic heterocycles. The van der Waals surface area contributed by atoms with Crippen LogP contribution in [0.1, 0.15) is 43.4 Å². The van der Waals surface area contributed by atoms with Crippen LogP contribution in [0, 0.1) is 10.1 Å². The summed E-state index contributed by atoms with van der Waals surface area (Å²) < 4.78 is 16.1. The molecule has 1 heterocycles. The third-order valence-corrected chi connectivity index (χ3v) is 5.34. The summed E-state index contributed by atoms with van der Waals surface area (Å²) in [4.78, 5) is 36.7. The molecule has 1 unspecified atom stereocenters. The summed E-state index contributed by atoms with van der Waals surface area (Å²) >= 11 is 0. The number of urea groups is 1. The Morgan fingerprint density at radius 2 is 1.88 bits per heavy atom. The lowest BCUT2D eigenvalue weighted by molar-refractivity contribution is -0.386. The summed E-state index contributed by atoms with van der Waals surface area (Å²) in [6.07, 6.45) is 2.63. The number of benzene rings is 2. The standard InChI is InChI=1S/C24H27N3O7/c1-4-5-9-12-34-22-17(27(30)31)13-16(14-18(22)32-2)21-19(23(28)33-3)20(25-24(29)26-21)15-10-7-6-8-11-15/h6-8,10-11,13-14,21H,4-5,9,12H2,1-3H3,(H2,25,26,29). The minimum Gasteiger partial charge on any atom is -0.493 e. The first-order chi connectivity index (χ1) is 16.4. The van der Waals surface area contributed by atoms with Crippen molar-refractivity contribution < 1.29 is 28.7 Å². The van der Waals surface area contributed by atoms with Crippen molar-refractivity contribution in [2.45, 2.75) is 32.2 Å². The van der Waals surface area contributed by atoms with E-state index in [4.69, 9.17) is 14.2 Å². The molecule has 3 rings (SSSR count). The van der Waals surface area contributed by atoms with Crippen LogP contribution < -0.4 is 20.1 Å². The lowest BCUT2D eigenvalue weighted by Crippen LogP contribution is -2.45. The number of nitro benzene ring substituents is 1. The number of methoxy groups -OCH3 is 2. The maximum atomic E-state index is 12.8. The molecule has 0 spiro atoms. The second kappa shape index (κ2) is 11.2. The number of nitrogens with zero attached hydrogens (tertiary/aromatic N) is 1. The van der Waals surface area contributed by atoms with E-state index in [-0.39, 0.29) is 34.0 Å². The van der Waals surface area contributed by atoms with E-state index in [0.717, 1.165) is 19.3 Å². The molecule has 2 aromatic carbocycles. The summed E-state index contributed by atoms with van der Waals surface area (Å²) in [5.41, 5.74) is 0.876. The summed E-state index contributed by atoms with van der Waals surface area (Å²) in [6.45, 7) is 2.33. The molecule has 2 aromatic rings. The van der Waals surface area contributed by atoms with Gasteiger partial charge in [0.25, 0.3) is 0 Å². The minimum absolute atomic E-state index is 0.000468.